The fourth-order valence-electron chi connectivity index (χ4n) is 3.14. The number of benzene rings is 2. The molecule has 2 heterocycles. The molecule has 0 bridgehead atoms. The zero-order chi connectivity index (χ0) is 17.9. The Bertz CT molecular complexity index is 977. The molecule has 1 aromatic heterocycles. The van der Waals surface area contributed by atoms with Gasteiger partial charge in [-0.3, -0.25) is 4.57 Å². The normalized spacial score (nSPS) is 26.8. The van der Waals surface area contributed by atoms with Crippen molar-refractivity contribution in [3.63, 3.8) is 0 Å². The number of rotatable bonds is 2. The first-order valence-corrected chi connectivity index (χ1v) is 8.63. The summed E-state index contributed by atoms with van der Waals surface area (Å²) in [6, 6.07) is 7.07. The molecule has 0 unspecified atom stereocenters. The summed E-state index contributed by atoms with van der Waals surface area (Å²) < 4.78 is 7.05. The summed E-state index contributed by atoms with van der Waals surface area (Å²) in [6.07, 6.45) is -4.35. The lowest BCUT2D eigenvalue weighted by Gasteiger charge is -2.18. The van der Waals surface area contributed by atoms with Crippen molar-refractivity contribution in [3.8, 4) is 0 Å². The van der Waals surface area contributed by atoms with Crippen molar-refractivity contribution < 1.29 is 20.1 Å². The van der Waals surface area contributed by atoms with Crippen LogP contribution in [0, 0.1) is 0 Å². The number of halogens is 3. The highest BCUT2D eigenvalue weighted by Gasteiger charge is 2.44. The largest absolute Gasteiger partial charge is 0.394 e. The van der Waals surface area contributed by atoms with Crippen molar-refractivity contribution in [1.29, 1.82) is 0 Å². The maximum atomic E-state index is 10.3. The van der Waals surface area contributed by atoms with Gasteiger partial charge in [-0.25, -0.2) is 4.98 Å². The highest BCUT2D eigenvalue weighted by molar-refractivity contribution is 6.42. The molecular formula is C16H13Cl3N2O4. The summed E-state index contributed by atoms with van der Waals surface area (Å²) in [4.78, 5) is 4.29. The average Bonchev–Trinajstić information content (AvgIpc) is 3.03. The smallest absolute Gasteiger partial charge is 0.206 e. The maximum absolute atomic E-state index is 10.3. The van der Waals surface area contributed by atoms with Gasteiger partial charge in [0, 0.05) is 0 Å². The van der Waals surface area contributed by atoms with Gasteiger partial charge >= 0.3 is 0 Å². The average molecular weight is 404 g/mol. The van der Waals surface area contributed by atoms with E-state index in [0.717, 1.165) is 10.8 Å². The summed E-state index contributed by atoms with van der Waals surface area (Å²) in [5.41, 5.74) is 1.18. The first-order valence-electron chi connectivity index (χ1n) is 7.49. The van der Waals surface area contributed by atoms with Crippen LogP contribution < -0.4 is 0 Å². The number of hydrogen-bond donors (Lipinski definition) is 3. The van der Waals surface area contributed by atoms with E-state index in [4.69, 9.17) is 39.5 Å². The van der Waals surface area contributed by atoms with E-state index >= 15 is 0 Å². The van der Waals surface area contributed by atoms with Crippen molar-refractivity contribution in [3.05, 3.63) is 39.6 Å². The topological polar surface area (TPSA) is 87.7 Å². The van der Waals surface area contributed by atoms with E-state index in [1.807, 2.05) is 0 Å². The molecule has 25 heavy (non-hydrogen) atoms. The van der Waals surface area contributed by atoms with E-state index in [-0.39, 0.29) is 5.28 Å². The maximum Gasteiger partial charge on any atom is 0.206 e. The molecule has 9 heteroatoms. The molecule has 1 aliphatic heterocycles. The molecule has 6 nitrogen and oxygen atoms in total. The molecule has 132 valence electrons. The van der Waals surface area contributed by atoms with Crippen LogP contribution >= 0.6 is 34.8 Å². The fourth-order valence-corrected chi connectivity index (χ4v) is 3.76. The van der Waals surface area contributed by atoms with Crippen LogP contribution in [0.25, 0.3) is 21.8 Å². The minimum atomic E-state index is -1.25. The molecule has 4 rings (SSSR count). The third-order valence-electron chi connectivity index (χ3n) is 4.42. The Morgan fingerprint density at radius 2 is 1.64 bits per heavy atom. The number of aromatic nitrogens is 2. The lowest BCUT2D eigenvalue weighted by molar-refractivity contribution is -0.0507. The van der Waals surface area contributed by atoms with Crippen LogP contribution in [0.15, 0.2) is 24.3 Å². The van der Waals surface area contributed by atoms with Gasteiger partial charge in [0.1, 0.15) is 18.3 Å². The second-order valence-corrected chi connectivity index (χ2v) is 7.09. The second kappa shape index (κ2) is 6.25. The number of ether oxygens (including phenoxy) is 1. The summed E-state index contributed by atoms with van der Waals surface area (Å²) in [7, 11) is 0. The molecule has 0 spiro atoms. The zero-order valence-corrected chi connectivity index (χ0v) is 14.9. The van der Waals surface area contributed by atoms with Gasteiger partial charge in [0.05, 0.1) is 27.7 Å². The standard InChI is InChI=1S/C16H13Cl3N2O4/c17-8-1-6-3-10-11(4-7(6)2-9(8)18)21(16(19)20-10)15-14(24)13(23)12(5-22)25-15/h1-4,12-15,22-24H,5H2/t12-,13-,14-,15-/m1/s1. The van der Waals surface area contributed by atoms with E-state index in [2.05, 4.69) is 4.98 Å². The van der Waals surface area contributed by atoms with E-state index in [9.17, 15) is 15.3 Å². The third kappa shape index (κ3) is 2.69. The van der Waals surface area contributed by atoms with Gasteiger partial charge in [0.15, 0.2) is 6.23 Å². The van der Waals surface area contributed by atoms with Gasteiger partial charge in [-0.2, -0.15) is 0 Å². The van der Waals surface area contributed by atoms with Crippen LogP contribution in [-0.2, 0) is 4.74 Å². The molecule has 4 atom stereocenters. The summed E-state index contributed by atoms with van der Waals surface area (Å²) in [5.74, 6) is 0. The fraction of sp³-hybridized carbons (Fsp3) is 0.312. The van der Waals surface area contributed by atoms with E-state index in [0.29, 0.717) is 21.1 Å². The van der Waals surface area contributed by atoms with Crippen molar-refractivity contribution in [2.24, 2.45) is 0 Å². The molecule has 3 aromatic rings. The molecule has 1 aliphatic rings. The molecule has 0 radical (unpaired) electrons. The van der Waals surface area contributed by atoms with Gasteiger partial charge in [0.25, 0.3) is 0 Å². The number of fused-ring (bicyclic) bond motifs is 2. The van der Waals surface area contributed by atoms with Crippen LogP contribution in [0.1, 0.15) is 6.23 Å². The molecule has 0 aliphatic carbocycles. The Morgan fingerprint density at radius 3 is 2.24 bits per heavy atom. The van der Waals surface area contributed by atoms with Crippen LogP contribution in [0.4, 0.5) is 0 Å². The van der Waals surface area contributed by atoms with E-state index < -0.39 is 31.1 Å². The molecular weight excluding hydrogens is 391 g/mol. The Kier molecular flexibility index (Phi) is 4.32. The molecule has 0 saturated carbocycles. The van der Waals surface area contributed by atoms with Crippen LogP contribution in [-0.4, -0.2) is 49.8 Å². The van der Waals surface area contributed by atoms with Gasteiger partial charge in [-0.1, -0.05) is 23.2 Å². The molecule has 1 saturated heterocycles. The molecule has 3 N–H and O–H groups in total. The van der Waals surface area contributed by atoms with Crippen molar-refractivity contribution in [2.75, 3.05) is 6.61 Å². The van der Waals surface area contributed by atoms with Crippen molar-refractivity contribution in [2.45, 2.75) is 24.5 Å². The Balaban J connectivity index is 1.91. The SMILES string of the molecule is OC[C@H]1O[C@@H](n2c(Cl)nc3cc4cc(Cl)c(Cl)cc4cc32)[C@H](O)[C@@H]1O. The number of nitrogens with zero attached hydrogens (tertiary/aromatic N) is 2. The first-order chi connectivity index (χ1) is 11.9. The Hall–Kier alpha value is -1.12. The predicted octanol–water partition coefficient (Wildman–Crippen LogP) is 2.76. The molecule has 1 fully saturated rings. The predicted molar refractivity (Wildman–Crippen MR) is 95.3 cm³/mol. The lowest BCUT2D eigenvalue weighted by atomic mass is 10.1. The number of imidazole rings is 1. The van der Waals surface area contributed by atoms with Crippen LogP contribution in [0.3, 0.4) is 0 Å². The van der Waals surface area contributed by atoms with Crippen LogP contribution in [0.5, 0.6) is 0 Å². The molecule has 2 aromatic carbocycles. The minimum Gasteiger partial charge on any atom is -0.394 e. The van der Waals surface area contributed by atoms with Gasteiger partial charge in [-0.15, -0.1) is 0 Å². The van der Waals surface area contributed by atoms with Gasteiger partial charge in [0.2, 0.25) is 5.28 Å². The first kappa shape index (κ1) is 17.3. The number of aliphatic hydroxyl groups is 3. The third-order valence-corrected chi connectivity index (χ3v) is 5.40. The van der Waals surface area contributed by atoms with Crippen molar-refractivity contribution >= 4 is 56.6 Å². The summed E-state index contributed by atoms with van der Waals surface area (Å²) >= 11 is 18.4. The number of aliphatic hydroxyl groups excluding tert-OH is 3. The second-order valence-electron chi connectivity index (χ2n) is 5.93. The molecule has 0 amide bonds. The van der Waals surface area contributed by atoms with Crippen molar-refractivity contribution in [1.82, 2.24) is 9.55 Å². The van der Waals surface area contributed by atoms with E-state index in [1.165, 1.54) is 4.57 Å². The lowest BCUT2D eigenvalue weighted by Crippen LogP contribution is -2.33. The number of hydrogen-bond acceptors (Lipinski definition) is 5. The van der Waals surface area contributed by atoms with Gasteiger partial charge in [-0.05, 0) is 46.6 Å². The summed E-state index contributed by atoms with van der Waals surface area (Å²) in [5, 5.41) is 32.1. The highest BCUT2D eigenvalue weighted by atomic mass is 35.5. The van der Waals surface area contributed by atoms with E-state index in [1.54, 1.807) is 24.3 Å². The highest BCUT2D eigenvalue weighted by Crippen LogP contribution is 2.37. The minimum absolute atomic E-state index is 0.0948. The summed E-state index contributed by atoms with van der Waals surface area (Å²) in [6.45, 7) is -0.421. The Labute approximate surface area is 157 Å². The van der Waals surface area contributed by atoms with Gasteiger partial charge < -0.3 is 20.1 Å². The van der Waals surface area contributed by atoms with Crippen LogP contribution in [0.2, 0.25) is 15.3 Å². The monoisotopic (exact) mass is 402 g/mol. The Morgan fingerprint density at radius 1 is 1.00 bits per heavy atom. The zero-order valence-electron chi connectivity index (χ0n) is 12.6. The quantitative estimate of drug-likeness (QED) is 0.612.